The van der Waals surface area contributed by atoms with Crippen LogP contribution in [0.15, 0.2) is 59.4 Å². The van der Waals surface area contributed by atoms with Gasteiger partial charge in [-0.05, 0) is 43.9 Å². The van der Waals surface area contributed by atoms with Gasteiger partial charge >= 0.3 is 0 Å². The summed E-state index contributed by atoms with van der Waals surface area (Å²) < 4.78 is 1.90. The molecule has 2 N–H and O–H groups in total. The number of amides is 1. The Morgan fingerprint density at radius 1 is 1.00 bits per heavy atom. The molecule has 4 heteroatoms. The highest BCUT2D eigenvalue weighted by Gasteiger charge is 2.17. The molecule has 0 fully saturated rings. The van der Waals surface area contributed by atoms with E-state index in [9.17, 15) is 9.59 Å². The summed E-state index contributed by atoms with van der Waals surface area (Å²) >= 11 is 0. The molecule has 0 spiro atoms. The standard InChI is InChI=1S/C21H22N2O2/c1-15-19(21(22)25)23(18-13-6-5-12-17(18)20(15)24)14-8-7-11-16-9-3-2-4-10-16/h2-6,9-10,12-13H,7-8,11,14H2,1H3,(H2,22,25). The number of benzene rings is 2. The Balaban J connectivity index is 1.89. The molecule has 0 saturated heterocycles. The van der Waals surface area contributed by atoms with Gasteiger partial charge in [0.25, 0.3) is 5.91 Å². The SMILES string of the molecule is Cc1c(C(N)=O)n(CCCCc2ccccc2)c2ccccc2c1=O. The fourth-order valence-corrected chi connectivity index (χ4v) is 3.33. The van der Waals surface area contributed by atoms with Crippen LogP contribution in [0.1, 0.15) is 34.5 Å². The molecule has 0 aliphatic carbocycles. The summed E-state index contributed by atoms with van der Waals surface area (Å²) in [6, 6.07) is 17.7. The molecule has 0 atom stereocenters. The second kappa shape index (κ2) is 7.34. The molecule has 0 bridgehead atoms. The number of rotatable bonds is 6. The van der Waals surface area contributed by atoms with Crippen LogP contribution >= 0.6 is 0 Å². The molecular weight excluding hydrogens is 312 g/mol. The van der Waals surface area contributed by atoms with Crippen LogP contribution in [0.2, 0.25) is 0 Å². The third-order valence-electron chi connectivity index (χ3n) is 4.58. The molecule has 0 unspecified atom stereocenters. The maximum Gasteiger partial charge on any atom is 0.265 e. The summed E-state index contributed by atoms with van der Waals surface area (Å²) in [7, 11) is 0. The van der Waals surface area contributed by atoms with Gasteiger partial charge in [-0.1, -0.05) is 42.5 Å². The molecule has 0 aliphatic heterocycles. The van der Waals surface area contributed by atoms with Crippen LogP contribution < -0.4 is 11.2 Å². The summed E-state index contributed by atoms with van der Waals surface area (Å²) in [4.78, 5) is 24.5. The lowest BCUT2D eigenvalue weighted by Gasteiger charge is -2.17. The Kier molecular flexibility index (Phi) is 4.98. The van der Waals surface area contributed by atoms with Crippen molar-refractivity contribution in [1.29, 1.82) is 0 Å². The van der Waals surface area contributed by atoms with Crippen molar-refractivity contribution in [1.82, 2.24) is 4.57 Å². The number of fused-ring (bicyclic) bond motifs is 1. The van der Waals surface area contributed by atoms with Crippen molar-refractivity contribution in [3.05, 3.63) is 81.6 Å². The number of carbonyl (C=O) groups is 1. The maximum atomic E-state index is 12.5. The molecule has 25 heavy (non-hydrogen) atoms. The van der Waals surface area contributed by atoms with Crippen molar-refractivity contribution in [3.63, 3.8) is 0 Å². The van der Waals surface area contributed by atoms with E-state index < -0.39 is 5.91 Å². The van der Waals surface area contributed by atoms with Crippen LogP contribution in [0, 0.1) is 6.92 Å². The van der Waals surface area contributed by atoms with Crippen LogP contribution in [0.4, 0.5) is 0 Å². The predicted octanol–water partition coefficient (Wildman–Crippen LogP) is 3.43. The summed E-state index contributed by atoms with van der Waals surface area (Å²) in [5.74, 6) is -0.552. The number of nitrogens with two attached hydrogens (primary N) is 1. The van der Waals surface area contributed by atoms with Gasteiger partial charge in [0, 0.05) is 17.5 Å². The Morgan fingerprint density at radius 2 is 1.68 bits per heavy atom. The second-order valence-electron chi connectivity index (χ2n) is 6.28. The number of nitrogens with zero attached hydrogens (tertiary/aromatic N) is 1. The highest BCUT2D eigenvalue weighted by Crippen LogP contribution is 2.17. The smallest absolute Gasteiger partial charge is 0.265 e. The average Bonchev–Trinajstić information content (AvgIpc) is 2.63. The Bertz CT molecular complexity index is 959. The van der Waals surface area contributed by atoms with Crippen molar-refractivity contribution >= 4 is 16.8 Å². The van der Waals surface area contributed by atoms with E-state index in [1.165, 1.54) is 5.56 Å². The number of pyridine rings is 1. The fraction of sp³-hybridized carbons (Fsp3) is 0.238. The normalized spacial score (nSPS) is 10.9. The molecule has 128 valence electrons. The monoisotopic (exact) mass is 334 g/mol. The van der Waals surface area contributed by atoms with E-state index in [4.69, 9.17) is 5.73 Å². The van der Waals surface area contributed by atoms with Gasteiger partial charge in [-0.2, -0.15) is 0 Å². The minimum absolute atomic E-state index is 0.120. The van der Waals surface area contributed by atoms with Crippen LogP contribution in [-0.4, -0.2) is 10.5 Å². The third kappa shape index (κ3) is 3.48. The third-order valence-corrected chi connectivity index (χ3v) is 4.58. The Hall–Kier alpha value is -2.88. The van der Waals surface area contributed by atoms with Gasteiger partial charge in [0.15, 0.2) is 5.43 Å². The van der Waals surface area contributed by atoms with Gasteiger partial charge in [-0.25, -0.2) is 0 Å². The van der Waals surface area contributed by atoms with Crippen molar-refractivity contribution in [3.8, 4) is 0 Å². The Morgan fingerprint density at radius 3 is 2.40 bits per heavy atom. The molecule has 1 aromatic heterocycles. The average molecular weight is 334 g/mol. The van der Waals surface area contributed by atoms with Crippen molar-refractivity contribution in [2.24, 2.45) is 5.73 Å². The second-order valence-corrected chi connectivity index (χ2v) is 6.28. The summed E-state index contributed by atoms with van der Waals surface area (Å²) in [6.45, 7) is 2.34. The largest absolute Gasteiger partial charge is 0.364 e. The lowest BCUT2D eigenvalue weighted by molar-refractivity contribution is 0.0990. The topological polar surface area (TPSA) is 65.1 Å². The molecule has 3 aromatic rings. The minimum Gasteiger partial charge on any atom is -0.364 e. The number of aromatic nitrogens is 1. The fourth-order valence-electron chi connectivity index (χ4n) is 3.33. The molecule has 3 rings (SSSR count). The predicted molar refractivity (Wildman–Crippen MR) is 101 cm³/mol. The number of aryl methyl sites for hydroxylation is 2. The van der Waals surface area contributed by atoms with E-state index in [1.54, 1.807) is 13.0 Å². The zero-order chi connectivity index (χ0) is 17.8. The lowest BCUT2D eigenvalue weighted by atomic mass is 10.1. The van der Waals surface area contributed by atoms with Gasteiger partial charge in [-0.15, -0.1) is 0 Å². The number of unbranched alkanes of at least 4 members (excludes halogenated alkanes) is 1. The molecule has 1 amide bonds. The molecule has 0 radical (unpaired) electrons. The zero-order valence-electron chi connectivity index (χ0n) is 14.4. The van der Waals surface area contributed by atoms with E-state index in [0.717, 1.165) is 24.8 Å². The van der Waals surface area contributed by atoms with E-state index in [0.29, 0.717) is 23.2 Å². The van der Waals surface area contributed by atoms with Crippen LogP contribution in [0.5, 0.6) is 0 Å². The first-order chi connectivity index (χ1) is 12.1. The summed E-state index contributed by atoms with van der Waals surface area (Å²) in [5.41, 5.74) is 8.27. The van der Waals surface area contributed by atoms with Crippen LogP contribution in [-0.2, 0) is 13.0 Å². The Labute approximate surface area is 146 Å². The number of carbonyl (C=O) groups excluding carboxylic acids is 1. The minimum atomic E-state index is -0.552. The number of hydrogen-bond acceptors (Lipinski definition) is 2. The van der Waals surface area contributed by atoms with E-state index >= 15 is 0 Å². The molecule has 0 aliphatic rings. The summed E-state index contributed by atoms with van der Waals surface area (Å²) in [6.07, 6.45) is 2.90. The van der Waals surface area contributed by atoms with Crippen molar-refractivity contribution < 1.29 is 4.79 Å². The van der Waals surface area contributed by atoms with Gasteiger partial charge in [-0.3, -0.25) is 9.59 Å². The lowest BCUT2D eigenvalue weighted by Crippen LogP contribution is -2.26. The number of para-hydroxylation sites is 1. The zero-order valence-corrected chi connectivity index (χ0v) is 14.4. The maximum absolute atomic E-state index is 12.5. The highest BCUT2D eigenvalue weighted by atomic mass is 16.1. The highest BCUT2D eigenvalue weighted by molar-refractivity contribution is 5.96. The van der Waals surface area contributed by atoms with Gasteiger partial charge in [0.2, 0.25) is 0 Å². The first kappa shape index (κ1) is 17.0. The summed E-state index contributed by atoms with van der Waals surface area (Å²) in [5, 5.41) is 0.632. The van der Waals surface area contributed by atoms with E-state index in [2.05, 4.69) is 12.1 Å². The van der Waals surface area contributed by atoms with Gasteiger partial charge in [0.1, 0.15) is 5.69 Å². The van der Waals surface area contributed by atoms with Crippen LogP contribution in [0.25, 0.3) is 10.9 Å². The van der Waals surface area contributed by atoms with Crippen molar-refractivity contribution in [2.75, 3.05) is 0 Å². The molecule has 0 saturated carbocycles. The molecule has 4 nitrogen and oxygen atoms in total. The number of hydrogen-bond donors (Lipinski definition) is 1. The van der Waals surface area contributed by atoms with Gasteiger partial charge in [0.05, 0.1) is 5.52 Å². The number of primary amides is 1. The molecular formula is C21H22N2O2. The molecule has 2 aromatic carbocycles. The van der Waals surface area contributed by atoms with Gasteiger partial charge < -0.3 is 10.3 Å². The van der Waals surface area contributed by atoms with Crippen LogP contribution in [0.3, 0.4) is 0 Å². The van der Waals surface area contributed by atoms with E-state index in [-0.39, 0.29) is 5.43 Å². The first-order valence-electron chi connectivity index (χ1n) is 8.55. The van der Waals surface area contributed by atoms with E-state index in [1.807, 2.05) is 41.0 Å². The van der Waals surface area contributed by atoms with Crippen molar-refractivity contribution in [2.45, 2.75) is 32.7 Å². The quantitative estimate of drug-likeness (QED) is 0.702. The molecule has 1 heterocycles. The first-order valence-corrected chi connectivity index (χ1v) is 8.55.